The number of hydrogen-bond donors (Lipinski definition) is 3. The number of anilines is 1. The Labute approximate surface area is 192 Å². The average Bonchev–Trinajstić information content (AvgIpc) is 3.32. The molecule has 0 saturated carbocycles. The van der Waals surface area contributed by atoms with E-state index in [0.717, 1.165) is 5.57 Å². The third kappa shape index (κ3) is 6.31. The van der Waals surface area contributed by atoms with Crippen LogP contribution in [-0.4, -0.2) is 41.9 Å². The monoisotopic (exact) mass is 452 g/mol. The lowest BCUT2D eigenvalue weighted by Gasteiger charge is -2.27. The quantitative estimate of drug-likeness (QED) is 0.555. The predicted octanol–water partition coefficient (Wildman–Crippen LogP) is 2.82. The van der Waals surface area contributed by atoms with Crippen molar-refractivity contribution < 1.29 is 23.5 Å². The molecule has 9 nitrogen and oxygen atoms in total. The van der Waals surface area contributed by atoms with Crippen LogP contribution in [0.3, 0.4) is 0 Å². The van der Waals surface area contributed by atoms with Crippen molar-refractivity contribution >= 4 is 23.4 Å². The summed E-state index contributed by atoms with van der Waals surface area (Å²) in [5.41, 5.74) is 1.34. The highest BCUT2D eigenvalue weighted by atomic mass is 16.5. The summed E-state index contributed by atoms with van der Waals surface area (Å²) in [7, 11) is 1.49. The van der Waals surface area contributed by atoms with Crippen molar-refractivity contribution in [2.75, 3.05) is 19.0 Å². The van der Waals surface area contributed by atoms with Crippen LogP contribution in [0.25, 0.3) is 11.3 Å². The maximum Gasteiger partial charge on any atom is 0.313 e. The first-order valence-corrected chi connectivity index (χ1v) is 10.5. The van der Waals surface area contributed by atoms with Gasteiger partial charge >= 0.3 is 11.8 Å². The van der Waals surface area contributed by atoms with E-state index < -0.39 is 17.4 Å². The Morgan fingerprint density at radius 3 is 2.67 bits per heavy atom. The molecule has 1 unspecified atom stereocenters. The number of hydrogen-bond acceptors (Lipinski definition) is 6. The van der Waals surface area contributed by atoms with Gasteiger partial charge in [0, 0.05) is 18.3 Å². The van der Waals surface area contributed by atoms with Gasteiger partial charge in [-0.1, -0.05) is 23.8 Å². The summed E-state index contributed by atoms with van der Waals surface area (Å²) in [4.78, 5) is 41.1. The molecular weight excluding hydrogens is 424 g/mol. The van der Waals surface area contributed by atoms with E-state index in [1.54, 1.807) is 38.2 Å². The minimum atomic E-state index is -0.834. The number of amides is 3. The third-order valence-electron chi connectivity index (χ3n) is 5.14. The summed E-state index contributed by atoms with van der Waals surface area (Å²) >= 11 is 0. The van der Waals surface area contributed by atoms with E-state index in [-0.39, 0.29) is 18.4 Å². The lowest BCUT2D eigenvalue weighted by molar-refractivity contribution is -0.137. The van der Waals surface area contributed by atoms with Crippen molar-refractivity contribution in [1.82, 2.24) is 15.6 Å². The van der Waals surface area contributed by atoms with Gasteiger partial charge in [-0.25, -0.2) is 4.98 Å². The van der Waals surface area contributed by atoms with Crippen LogP contribution in [0.4, 0.5) is 5.69 Å². The van der Waals surface area contributed by atoms with Gasteiger partial charge in [-0.05, 0) is 39.3 Å². The molecule has 3 N–H and O–H groups in total. The number of benzene rings is 1. The molecule has 1 heterocycles. The average molecular weight is 453 g/mol. The molecule has 9 heteroatoms. The molecule has 0 radical (unpaired) electrons. The fourth-order valence-corrected chi connectivity index (χ4v) is 3.28. The topological polar surface area (TPSA) is 123 Å². The van der Waals surface area contributed by atoms with Crippen LogP contribution >= 0.6 is 0 Å². The highest BCUT2D eigenvalue weighted by Gasteiger charge is 2.26. The summed E-state index contributed by atoms with van der Waals surface area (Å²) in [6, 6.07) is 4.91. The second-order valence-electron chi connectivity index (χ2n) is 8.44. The molecule has 0 spiro atoms. The van der Waals surface area contributed by atoms with Gasteiger partial charge in [0.1, 0.15) is 5.75 Å². The maximum absolute atomic E-state index is 12.4. The zero-order valence-corrected chi connectivity index (χ0v) is 19.1. The molecule has 174 valence electrons. The highest BCUT2D eigenvalue weighted by molar-refractivity contribution is 6.39. The highest BCUT2D eigenvalue weighted by Crippen LogP contribution is 2.32. The van der Waals surface area contributed by atoms with Crippen molar-refractivity contribution in [3.63, 3.8) is 0 Å². The standard InChI is InChI=1S/C24H28N4O5/c1-15-5-7-16(8-6-15)21(29)26-13-24(2,3)28-23(31)22(30)27-17-9-10-18(19(11-17)32-4)20-12-25-14-33-20/h5-7,9-12,14,16H,8,13H2,1-4H3,(H,26,29)(H,27,30)(H,28,31). The van der Waals surface area contributed by atoms with E-state index in [2.05, 4.69) is 20.9 Å². The van der Waals surface area contributed by atoms with Crippen LogP contribution in [-0.2, 0) is 14.4 Å². The molecule has 0 fully saturated rings. The lowest BCUT2D eigenvalue weighted by Crippen LogP contribution is -2.54. The first kappa shape index (κ1) is 23.8. The smallest absolute Gasteiger partial charge is 0.313 e. The summed E-state index contributed by atoms with van der Waals surface area (Å²) < 4.78 is 10.6. The van der Waals surface area contributed by atoms with Crippen molar-refractivity contribution in [3.8, 4) is 17.1 Å². The van der Waals surface area contributed by atoms with Gasteiger partial charge in [0.15, 0.2) is 12.2 Å². The number of allylic oxidation sites excluding steroid dienone is 3. The Bertz CT molecular complexity index is 1090. The Balaban J connectivity index is 1.54. The number of rotatable bonds is 7. The lowest BCUT2D eigenvalue weighted by atomic mass is 9.96. The van der Waals surface area contributed by atoms with Gasteiger partial charge < -0.3 is 25.1 Å². The molecule has 1 aliphatic rings. The first-order chi connectivity index (χ1) is 15.7. The number of aromatic nitrogens is 1. The van der Waals surface area contributed by atoms with Crippen LogP contribution in [0.2, 0.25) is 0 Å². The Morgan fingerprint density at radius 1 is 1.24 bits per heavy atom. The molecule has 1 aliphatic carbocycles. The molecule has 3 rings (SSSR count). The van der Waals surface area contributed by atoms with Crippen LogP contribution in [0.5, 0.6) is 5.75 Å². The number of nitrogens with one attached hydrogen (secondary N) is 3. The molecule has 1 atom stereocenters. The fraction of sp³-hybridized carbons (Fsp3) is 0.333. The van der Waals surface area contributed by atoms with Crippen molar-refractivity contribution in [2.24, 2.45) is 5.92 Å². The molecule has 0 aliphatic heterocycles. The van der Waals surface area contributed by atoms with Crippen LogP contribution in [0.1, 0.15) is 27.2 Å². The van der Waals surface area contributed by atoms with E-state index >= 15 is 0 Å². The molecule has 33 heavy (non-hydrogen) atoms. The van der Waals surface area contributed by atoms with Gasteiger partial charge in [0.2, 0.25) is 5.91 Å². The number of carbonyl (C=O) groups is 3. The van der Waals surface area contributed by atoms with Gasteiger partial charge in [-0.15, -0.1) is 0 Å². The number of oxazole rings is 1. The Hall–Kier alpha value is -3.88. The van der Waals surface area contributed by atoms with E-state index in [4.69, 9.17) is 9.15 Å². The molecule has 0 bridgehead atoms. The summed E-state index contributed by atoms with van der Waals surface area (Å²) in [5, 5.41) is 8.05. The van der Waals surface area contributed by atoms with Gasteiger partial charge in [-0.2, -0.15) is 0 Å². The zero-order chi connectivity index (χ0) is 24.0. The van der Waals surface area contributed by atoms with Crippen molar-refractivity contribution in [3.05, 3.63) is 54.6 Å². The number of methoxy groups -OCH3 is 1. The minimum absolute atomic E-state index is 0.124. The summed E-state index contributed by atoms with van der Waals surface area (Å²) in [5.74, 6) is -1.04. The first-order valence-electron chi connectivity index (χ1n) is 10.5. The maximum atomic E-state index is 12.4. The second kappa shape index (κ2) is 10.2. The molecule has 3 amide bonds. The van der Waals surface area contributed by atoms with Crippen LogP contribution in [0.15, 0.2) is 59.0 Å². The largest absolute Gasteiger partial charge is 0.496 e. The van der Waals surface area contributed by atoms with Crippen LogP contribution < -0.4 is 20.7 Å². The van der Waals surface area contributed by atoms with Crippen molar-refractivity contribution in [2.45, 2.75) is 32.7 Å². The SMILES string of the molecule is COc1cc(NC(=O)C(=O)NC(C)(C)CNC(=O)C2C=CC(C)=CC2)ccc1-c1cnco1. The normalized spacial score (nSPS) is 15.4. The van der Waals surface area contributed by atoms with E-state index in [1.165, 1.54) is 13.5 Å². The molecule has 0 saturated heterocycles. The third-order valence-corrected chi connectivity index (χ3v) is 5.14. The summed E-state index contributed by atoms with van der Waals surface area (Å²) in [6.45, 7) is 5.62. The van der Waals surface area contributed by atoms with Crippen LogP contribution in [0, 0.1) is 5.92 Å². The number of carbonyl (C=O) groups excluding carboxylic acids is 3. The molecule has 2 aromatic rings. The minimum Gasteiger partial charge on any atom is -0.496 e. The van der Waals surface area contributed by atoms with Gasteiger partial charge in [-0.3, -0.25) is 14.4 Å². The zero-order valence-electron chi connectivity index (χ0n) is 19.1. The van der Waals surface area contributed by atoms with Crippen molar-refractivity contribution in [1.29, 1.82) is 0 Å². The fourth-order valence-electron chi connectivity index (χ4n) is 3.28. The molecule has 1 aromatic carbocycles. The summed E-state index contributed by atoms with van der Waals surface area (Å²) in [6.07, 6.45) is 9.29. The number of ether oxygens (including phenoxy) is 1. The predicted molar refractivity (Wildman–Crippen MR) is 123 cm³/mol. The molecule has 1 aromatic heterocycles. The van der Waals surface area contributed by atoms with E-state index in [1.807, 2.05) is 25.2 Å². The Morgan fingerprint density at radius 2 is 2.03 bits per heavy atom. The van der Waals surface area contributed by atoms with E-state index in [9.17, 15) is 14.4 Å². The van der Waals surface area contributed by atoms with Gasteiger partial charge in [0.25, 0.3) is 0 Å². The Kier molecular flexibility index (Phi) is 7.32. The molecular formula is C24H28N4O5. The van der Waals surface area contributed by atoms with E-state index in [0.29, 0.717) is 29.2 Å². The number of nitrogens with zero attached hydrogens (tertiary/aromatic N) is 1. The van der Waals surface area contributed by atoms with Gasteiger partial charge in [0.05, 0.1) is 30.3 Å². The second-order valence-corrected chi connectivity index (χ2v) is 8.44.